The molecular formula is C8H11BrN2O. The number of hydrazine groups is 1. The molecule has 1 aromatic carbocycles. The van der Waals surface area contributed by atoms with Crippen LogP contribution in [0.4, 0.5) is 5.69 Å². The van der Waals surface area contributed by atoms with E-state index < -0.39 is 0 Å². The van der Waals surface area contributed by atoms with Gasteiger partial charge in [0, 0.05) is 5.33 Å². The number of hydrogen-bond donors (Lipinski definition) is 2. The van der Waals surface area contributed by atoms with Crippen LogP contribution in [-0.4, -0.2) is 7.11 Å². The predicted octanol–water partition coefficient (Wildman–Crippen LogP) is 1.88. The number of benzene rings is 1. The van der Waals surface area contributed by atoms with E-state index in [2.05, 4.69) is 21.4 Å². The first-order valence-electron chi connectivity index (χ1n) is 3.51. The monoisotopic (exact) mass is 230 g/mol. The van der Waals surface area contributed by atoms with Crippen LogP contribution < -0.4 is 16.0 Å². The van der Waals surface area contributed by atoms with Gasteiger partial charge in [0.2, 0.25) is 0 Å². The molecule has 0 bridgehead atoms. The van der Waals surface area contributed by atoms with Crippen LogP contribution in [0.3, 0.4) is 0 Å². The maximum atomic E-state index is 5.31. The molecule has 0 radical (unpaired) electrons. The van der Waals surface area contributed by atoms with Gasteiger partial charge in [-0.2, -0.15) is 0 Å². The maximum Gasteiger partial charge on any atom is 0.119 e. The van der Waals surface area contributed by atoms with Crippen LogP contribution in [0.15, 0.2) is 18.2 Å². The van der Waals surface area contributed by atoms with E-state index in [-0.39, 0.29) is 0 Å². The van der Waals surface area contributed by atoms with Crippen molar-refractivity contribution in [2.24, 2.45) is 5.84 Å². The summed E-state index contributed by atoms with van der Waals surface area (Å²) >= 11 is 3.36. The number of rotatable bonds is 3. The summed E-state index contributed by atoms with van der Waals surface area (Å²) in [6.07, 6.45) is 0. The van der Waals surface area contributed by atoms with Gasteiger partial charge < -0.3 is 10.2 Å². The normalized spacial score (nSPS) is 9.58. The van der Waals surface area contributed by atoms with E-state index >= 15 is 0 Å². The van der Waals surface area contributed by atoms with E-state index in [0.29, 0.717) is 0 Å². The number of halogens is 1. The summed E-state index contributed by atoms with van der Waals surface area (Å²) in [4.78, 5) is 0. The molecule has 0 aromatic heterocycles. The molecule has 1 aromatic rings. The Morgan fingerprint density at radius 1 is 1.58 bits per heavy atom. The lowest BCUT2D eigenvalue weighted by Crippen LogP contribution is -2.08. The smallest absolute Gasteiger partial charge is 0.119 e. The van der Waals surface area contributed by atoms with Crippen LogP contribution in [0, 0.1) is 0 Å². The molecule has 0 amide bonds. The van der Waals surface area contributed by atoms with Gasteiger partial charge in [0.1, 0.15) is 5.75 Å². The molecule has 0 saturated heterocycles. The minimum absolute atomic E-state index is 0.754. The van der Waals surface area contributed by atoms with Gasteiger partial charge in [0.15, 0.2) is 0 Å². The van der Waals surface area contributed by atoms with Crippen molar-refractivity contribution in [3.05, 3.63) is 23.8 Å². The SMILES string of the molecule is COc1ccc(NN)c(CBr)c1. The number of methoxy groups -OCH3 is 1. The van der Waals surface area contributed by atoms with Crippen molar-refractivity contribution in [1.82, 2.24) is 0 Å². The minimum atomic E-state index is 0.754. The fourth-order valence-corrected chi connectivity index (χ4v) is 1.41. The van der Waals surface area contributed by atoms with Crippen molar-refractivity contribution in [2.45, 2.75) is 5.33 Å². The second kappa shape index (κ2) is 4.33. The largest absolute Gasteiger partial charge is 0.497 e. The number of hydrogen-bond acceptors (Lipinski definition) is 3. The van der Waals surface area contributed by atoms with E-state index in [1.807, 2.05) is 18.2 Å². The molecule has 0 fully saturated rings. The van der Waals surface area contributed by atoms with Crippen LogP contribution in [0.2, 0.25) is 0 Å². The van der Waals surface area contributed by atoms with Gasteiger partial charge in [-0.1, -0.05) is 15.9 Å². The van der Waals surface area contributed by atoms with Gasteiger partial charge in [-0.15, -0.1) is 0 Å². The van der Waals surface area contributed by atoms with Crippen LogP contribution in [0.1, 0.15) is 5.56 Å². The molecule has 3 nitrogen and oxygen atoms in total. The Bertz CT molecular complexity index is 265. The van der Waals surface area contributed by atoms with Crippen LogP contribution in [-0.2, 0) is 5.33 Å². The van der Waals surface area contributed by atoms with E-state index in [0.717, 1.165) is 22.3 Å². The Balaban J connectivity index is 3.02. The van der Waals surface area contributed by atoms with E-state index in [1.165, 1.54) is 0 Å². The van der Waals surface area contributed by atoms with Gasteiger partial charge in [-0.25, -0.2) is 0 Å². The first-order valence-corrected chi connectivity index (χ1v) is 4.63. The van der Waals surface area contributed by atoms with Crippen molar-refractivity contribution in [1.29, 1.82) is 0 Å². The highest BCUT2D eigenvalue weighted by molar-refractivity contribution is 9.08. The topological polar surface area (TPSA) is 47.3 Å². The first kappa shape index (κ1) is 9.35. The second-order valence-corrected chi connectivity index (χ2v) is 2.86. The standard InChI is InChI=1S/C8H11BrN2O/c1-12-7-2-3-8(11-10)6(4-7)5-9/h2-4,11H,5,10H2,1H3. The summed E-state index contributed by atoms with van der Waals surface area (Å²) in [5, 5.41) is 0.754. The van der Waals surface area contributed by atoms with E-state index in [1.54, 1.807) is 7.11 Å². The average Bonchev–Trinajstić information content (AvgIpc) is 2.16. The van der Waals surface area contributed by atoms with Crippen LogP contribution in [0.25, 0.3) is 0 Å². The molecule has 3 N–H and O–H groups in total. The van der Waals surface area contributed by atoms with Crippen molar-refractivity contribution < 1.29 is 4.74 Å². The number of nitrogens with two attached hydrogens (primary N) is 1. The zero-order valence-corrected chi connectivity index (χ0v) is 8.39. The summed E-state index contributed by atoms with van der Waals surface area (Å²) in [7, 11) is 1.64. The molecule has 12 heavy (non-hydrogen) atoms. The number of ether oxygens (including phenoxy) is 1. The Labute approximate surface area is 80.0 Å². The molecule has 4 heteroatoms. The van der Waals surface area contributed by atoms with Gasteiger partial charge in [0.25, 0.3) is 0 Å². The molecular weight excluding hydrogens is 220 g/mol. The van der Waals surface area contributed by atoms with E-state index in [4.69, 9.17) is 10.6 Å². The molecule has 0 unspecified atom stereocenters. The van der Waals surface area contributed by atoms with Gasteiger partial charge in [0.05, 0.1) is 12.8 Å². The highest BCUT2D eigenvalue weighted by Gasteiger charge is 2.00. The van der Waals surface area contributed by atoms with Crippen LogP contribution in [0.5, 0.6) is 5.75 Å². The summed E-state index contributed by atoms with van der Waals surface area (Å²) in [6.45, 7) is 0. The van der Waals surface area contributed by atoms with Crippen molar-refractivity contribution in [2.75, 3.05) is 12.5 Å². The zero-order valence-electron chi connectivity index (χ0n) is 6.80. The quantitative estimate of drug-likeness (QED) is 0.474. The summed E-state index contributed by atoms with van der Waals surface area (Å²) in [5.41, 5.74) is 4.60. The second-order valence-electron chi connectivity index (χ2n) is 2.30. The van der Waals surface area contributed by atoms with Gasteiger partial charge in [-0.05, 0) is 23.8 Å². The lowest BCUT2D eigenvalue weighted by atomic mass is 10.2. The third kappa shape index (κ3) is 1.89. The molecule has 0 atom stereocenters. The van der Waals surface area contributed by atoms with Crippen LogP contribution >= 0.6 is 15.9 Å². The first-order chi connectivity index (χ1) is 5.81. The van der Waals surface area contributed by atoms with Crippen molar-refractivity contribution in [3.8, 4) is 5.75 Å². The predicted molar refractivity (Wildman–Crippen MR) is 53.4 cm³/mol. The molecule has 0 aliphatic heterocycles. The number of nitrogen functional groups attached to an aromatic ring is 1. The fraction of sp³-hybridized carbons (Fsp3) is 0.250. The van der Waals surface area contributed by atoms with Crippen molar-refractivity contribution >= 4 is 21.6 Å². The summed E-state index contributed by atoms with van der Waals surface area (Å²) in [5.74, 6) is 6.14. The lowest BCUT2D eigenvalue weighted by molar-refractivity contribution is 0.414. The number of nitrogens with one attached hydrogen (secondary N) is 1. The Kier molecular flexibility index (Phi) is 3.37. The molecule has 0 aliphatic carbocycles. The molecule has 0 aliphatic rings. The molecule has 0 saturated carbocycles. The summed E-state index contributed by atoms with van der Waals surface area (Å²) in [6, 6.07) is 5.68. The fourth-order valence-electron chi connectivity index (χ4n) is 0.948. The van der Waals surface area contributed by atoms with Gasteiger partial charge >= 0.3 is 0 Å². The molecule has 1 rings (SSSR count). The third-order valence-corrected chi connectivity index (χ3v) is 2.22. The number of anilines is 1. The molecule has 66 valence electrons. The average molecular weight is 231 g/mol. The number of alkyl halides is 1. The maximum absolute atomic E-state index is 5.31. The van der Waals surface area contributed by atoms with E-state index in [9.17, 15) is 0 Å². The summed E-state index contributed by atoms with van der Waals surface area (Å²) < 4.78 is 5.07. The zero-order chi connectivity index (χ0) is 8.97. The Morgan fingerprint density at radius 2 is 2.33 bits per heavy atom. The molecule has 0 heterocycles. The highest BCUT2D eigenvalue weighted by Crippen LogP contribution is 2.22. The Hall–Kier alpha value is -0.740. The highest BCUT2D eigenvalue weighted by atomic mass is 79.9. The lowest BCUT2D eigenvalue weighted by Gasteiger charge is -2.07. The third-order valence-electron chi connectivity index (χ3n) is 1.61. The van der Waals surface area contributed by atoms with Gasteiger partial charge in [-0.3, -0.25) is 5.84 Å². The van der Waals surface area contributed by atoms with Crippen molar-refractivity contribution in [3.63, 3.8) is 0 Å². The molecule has 0 spiro atoms. The Morgan fingerprint density at radius 3 is 2.83 bits per heavy atom. The minimum Gasteiger partial charge on any atom is -0.497 e.